The Morgan fingerprint density at radius 2 is 2.14 bits per heavy atom. The number of nitrogens with zero attached hydrogens (tertiary/aromatic N) is 1. The van der Waals surface area contributed by atoms with Crippen molar-refractivity contribution in [3.05, 3.63) is 29.3 Å². The Balaban J connectivity index is 1.58. The summed E-state index contributed by atoms with van der Waals surface area (Å²) in [6, 6.07) is 6.68. The predicted molar refractivity (Wildman–Crippen MR) is 112 cm³/mol. The Bertz CT molecular complexity index is 690. The minimum absolute atomic E-state index is 0.121. The van der Waals surface area contributed by atoms with Crippen LogP contribution in [0.25, 0.3) is 0 Å². The third-order valence-electron chi connectivity index (χ3n) is 5.97. The molecule has 0 bridgehead atoms. The second-order valence-electron chi connectivity index (χ2n) is 8.27. The summed E-state index contributed by atoms with van der Waals surface area (Å²) in [7, 11) is 1.82. The van der Waals surface area contributed by atoms with E-state index in [0.717, 1.165) is 30.3 Å². The van der Waals surface area contributed by atoms with E-state index >= 15 is 0 Å². The number of aryl methyl sites for hydroxylation is 1. The van der Waals surface area contributed by atoms with E-state index in [9.17, 15) is 0 Å². The molecular formula is C22H35N3O3. The van der Waals surface area contributed by atoms with Crippen LogP contribution in [0, 0.1) is 18.3 Å². The number of benzene rings is 1. The number of nitrogens with one attached hydrogen (secondary N) is 2. The van der Waals surface area contributed by atoms with E-state index in [1.54, 1.807) is 0 Å². The first-order valence-electron chi connectivity index (χ1n) is 10.4. The molecule has 6 heteroatoms. The average molecular weight is 390 g/mol. The summed E-state index contributed by atoms with van der Waals surface area (Å²) in [5.41, 5.74) is 2.41. The van der Waals surface area contributed by atoms with E-state index in [1.807, 2.05) is 14.0 Å². The second kappa shape index (κ2) is 9.14. The van der Waals surface area contributed by atoms with Gasteiger partial charge in [-0.15, -0.1) is 0 Å². The summed E-state index contributed by atoms with van der Waals surface area (Å²) in [5, 5.41) is 7.07. The highest BCUT2D eigenvalue weighted by atomic mass is 16.5. The van der Waals surface area contributed by atoms with Crippen molar-refractivity contribution >= 4 is 5.96 Å². The zero-order valence-corrected chi connectivity index (χ0v) is 17.9. The summed E-state index contributed by atoms with van der Waals surface area (Å²) in [5.74, 6) is 2.30. The topological polar surface area (TPSA) is 64.1 Å². The van der Waals surface area contributed by atoms with E-state index in [-0.39, 0.29) is 5.41 Å². The SMILES string of the molecule is CCOCCOc1cc(C)ccc1CNC(=NC)NC1C2CCOC2C1(C)C. The predicted octanol–water partition coefficient (Wildman–Crippen LogP) is 2.89. The molecule has 0 aromatic heterocycles. The van der Waals surface area contributed by atoms with Crippen molar-refractivity contribution in [2.24, 2.45) is 16.3 Å². The fraction of sp³-hybridized carbons (Fsp3) is 0.682. The molecule has 2 fully saturated rings. The fourth-order valence-electron chi connectivity index (χ4n) is 4.44. The average Bonchev–Trinajstić information content (AvgIpc) is 3.13. The monoisotopic (exact) mass is 389 g/mol. The van der Waals surface area contributed by atoms with Crippen molar-refractivity contribution in [2.45, 2.75) is 52.8 Å². The molecule has 156 valence electrons. The Kier molecular flexibility index (Phi) is 6.83. The highest BCUT2D eigenvalue weighted by Crippen LogP contribution is 2.52. The molecule has 1 saturated carbocycles. The molecule has 3 atom stereocenters. The molecule has 0 radical (unpaired) electrons. The summed E-state index contributed by atoms with van der Waals surface area (Å²) >= 11 is 0. The summed E-state index contributed by atoms with van der Waals surface area (Å²) in [6.45, 7) is 12.0. The Morgan fingerprint density at radius 3 is 2.89 bits per heavy atom. The van der Waals surface area contributed by atoms with Crippen molar-refractivity contribution in [3.63, 3.8) is 0 Å². The van der Waals surface area contributed by atoms with Crippen LogP contribution in [0.2, 0.25) is 0 Å². The number of hydrogen-bond donors (Lipinski definition) is 2. The fourth-order valence-corrected chi connectivity index (χ4v) is 4.44. The number of ether oxygens (including phenoxy) is 3. The standard InChI is InChI=1S/C22H35N3O3/c1-6-26-11-12-27-18-13-15(2)7-8-16(18)14-24-21(23-5)25-19-17-9-10-28-20(17)22(19,3)4/h7-8,13,17,19-20H,6,9-12,14H2,1-5H3,(H2,23,24,25). The number of fused-ring (bicyclic) bond motifs is 1. The van der Waals surface area contributed by atoms with Gasteiger partial charge in [0.2, 0.25) is 0 Å². The van der Waals surface area contributed by atoms with Crippen molar-refractivity contribution < 1.29 is 14.2 Å². The smallest absolute Gasteiger partial charge is 0.191 e. The van der Waals surface area contributed by atoms with Gasteiger partial charge in [0.05, 0.1) is 12.7 Å². The maximum atomic E-state index is 5.95. The third-order valence-corrected chi connectivity index (χ3v) is 5.97. The first-order valence-corrected chi connectivity index (χ1v) is 10.4. The van der Waals surface area contributed by atoms with Gasteiger partial charge in [-0.1, -0.05) is 26.0 Å². The van der Waals surface area contributed by atoms with Gasteiger partial charge in [0.15, 0.2) is 5.96 Å². The Hall–Kier alpha value is -1.79. The van der Waals surface area contributed by atoms with Crippen LogP contribution in [0.1, 0.15) is 38.3 Å². The van der Waals surface area contributed by atoms with E-state index < -0.39 is 0 Å². The molecule has 1 aromatic rings. The molecule has 1 heterocycles. The molecule has 2 N–H and O–H groups in total. The maximum Gasteiger partial charge on any atom is 0.191 e. The normalized spacial score (nSPS) is 25.8. The number of rotatable bonds is 8. The van der Waals surface area contributed by atoms with Gasteiger partial charge in [-0.3, -0.25) is 4.99 Å². The van der Waals surface area contributed by atoms with E-state index in [2.05, 4.69) is 54.6 Å². The maximum absolute atomic E-state index is 5.95. The van der Waals surface area contributed by atoms with Crippen LogP contribution in [0.3, 0.4) is 0 Å². The van der Waals surface area contributed by atoms with Crippen LogP contribution in [0.4, 0.5) is 0 Å². The molecule has 0 amide bonds. The molecule has 2 aliphatic rings. The molecule has 28 heavy (non-hydrogen) atoms. The van der Waals surface area contributed by atoms with Crippen molar-refractivity contribution in [1.82, 2.24) is 10.6 Å². The van der Waals surface area contributed by atoms with Crippen molar-refractivity contribution in [1.29, 1.82) is 0 Å². The number of guanidine groups is 1. The van der Waals surface area contributed by atoms with Crippen LogP contribution in [-0.2, 0) is 16.0 Å². The molecule has 3 rings (SSSR count). The number of aliphatic imine (C=N–C) groups is 1. The van der Waals surface area contributed by atoms with Crippen molar-refractivity contribution in [2.75, 3.05) is 33.5 Å². The quantitative estimate of drug-likeness (QED) is 0.407. The summed E-state index contributed by atoms with van der Waals surface area (Å²) in [4.78, 5) is 4.43. The molecular weight excluding hydrogens is 354 g/mol. The van der Waals surface area contributed by atoms with E-state index in [0.29, 0.717) is 44.4 Å². The second-order valence-corrected chi connectivity index (χ2v) is 8.27. The minimum Gasteiger partial charge on any atom is -0.491 e. The van der Waals surface area contributed by atoms with Gasteiger partial charge in [-0.05, 0) is 31.9 Å². The van der Waals surface area contributed by atoms with Gasteiger partial charge in [0.25, 0.3) is 0 Å². The van der Waals surface area contributed by atoms with Crippen LogP contribution in [-0.4, -0.2) is 51.6 Å². The lowest BCUT2D eigenvalue weighted by Crippen LogP contribution is -2.67. The summed E-state index contributed by atoms with van der Waals surface area (Å²) in [6.07, 6.45) is 1.49. The highest BCUT2D eigenvalue weighted by molar-refractivity contribution is 5.80. The highest BCUT2D eigenvalue weighted by Gasteiger charge is 2.59. The molecule has 1 aromatic carbocycles. The largest absolute Gasteiger partial charge is 0.491 e. The number of hydrogen-bond acceptors (Lipinski definition) is 4. The van der Waals surface area contributed by atoms with E-state index in [4.69, 9.17) is 14.2 Å². The van der Waals surface area contributed by atoms with Gasteiger partial charge >= 0.3 is 0 Å². The zero-order chi connectivity index (χ0) is 20.1. The Labute approximate surface area is 169 Å². The van der Waals surface area contributed by atoms with E-state index in [1.165, 1.54) is 5.56 Å². The lowest BCUT2D eigenvalue weighted by atomic mass is 9.57. The van der Waals surface area contributed by atoms with Gasteiger partial charge in [-0.25, -0.2) is 0 Å². The molecule has 0 spiro atoms. The molecule has 6 nitrogen and oxygen atoms in total. The van der Waals surface area contributed by atoms with Crippen LogP contribution in [0.5, 0.6) is 5.75 Å². The molecule has 3 unspecified atom stereocenters. The lowest BCUT2D eigenvalue weighted by molar-refractivity contribution is -0.106. The van der Waals surface area contributed by atoms with Gasteiger partial charge in [0, 0.05) is 49.7 Å². The van der Waals surface area contributed by atoms with Crippen molar-refractivity contribution in [3.8, 4) is 5.75 Å². The van der Waals surface area contributed by atoms with Crippen LogP contribution >= 0.6 is 0 Å². The minimum atomic E-state index is 0.121. The first-order chi connectivity index (χ1) is 13.5. The molecule has 1 saturated heterocycles. The third kappa shape index (κ3) is 4.44. The van der Waals surface area contributed by atoms with Gasteiger partial charge in [0.1, 0.15) is 12.4 Å². The van der Waals surface area contributed by atoms with Gasteiger partial charge < -0.3 is 24.8 Å². The molecule has 1 aliphatic carbocycles. The zero-order valence-electron chi connectivity index (χ0n) is 17.9. The van der Waals surface area contributed by atoms with Gasteiger partial charge in [-0.2, -0.15) is 0 Å². The van der Waals surface area contributed by atoms with Crippen LogP contribution < -0.4 is 15.4 Å². The first kappa shape index (κ1) is 20.9. The summed E-state index contributed by atoms with van der Waals surface area (Å²) < 4.78 is 17.2. The molecule has 1 aliphatic heterocycles. The van der Waals surface area contributed by atoms with Crippen LogP contribution in [0.15, 0.2) is 23.2 Å². The lowest BCUT2D eigenvalue weighted by Gasteiger charge is -2.54. The Morgan fingerprint density at radius 1 is 1.32 bits per heavy atom.